The van der Waals surface area contributed by atoms with Crippen molar-refractivity contribution in [3.05, 3.63) is 167 Å². The first-order valence-electron chi connectivity index (χ1n) is 23.2. The van der Waals surface area contributed by atoms with Crippen molar-refractivity contribution in [2.24, 2.45) is 5.92 Å². The Hall–Kier alpha value is -6.06. The van der Waals surface area contributed by atoms with E-state index in [4.69, 9.17) is 9.47 Å². The third-order valence-electron chi connectivity index (χ3n) is 12.4. The summed E-state index contributed by atoms with van der Waals surface area (Å²) in [6.45, 7) is 4.72. The van der Waals surface area contributed by atoms with E-state index in [1.165, 1.54) is 48.5 Å². The lowest BCUT2D eigenvalue weighted by Gasteiger charge is -2.22. The van der Waals surface area contributed by atoms with E-state index in [0.717, 1.165) is 101 Å². The molecule has 6 rings (SSSR count). The molecule has 0 aliphatic heterocycles. The van der Waals surface area contributed by atoms with Crippen molar-refractivity contribution >= 4 is 0 Å². The molecule has 0 bridgehead atoms. The van der Waals surface area contributed by atoms with E-state index < -0.39 is 87.9 Å². The molecule has 0 N–H and O–H groups in total. The van der Waals surface area contributed by atoms with Crippen molar-refractivity contribution in [3.8, 4) is 44.9 Å². The SMILES string of the molecule is C=CC(CCCCCCCOc1ccc(-c2ccc(-c3cc(F)c(C(F)(F)F)c(F)c3)c(F)c2)c(F)c1)CCCCCCCOc1ccc(-c2ccc(C3C=C(F)C(C(F)(F)F)=C(F)C3)c(F)c2)c(F)c1. The monoisotopic (exact) mass is 1010 g/mol. The number of alkyl halides is 6. The largest absolute Gasteiger partial charge is 0.493 e. The Labute approximate surface area is 402 Å². The van der Waals surface area contributed by atoms with Gasteiger partial charge in [-0.15, -0.1) is 6.58 Å². The highest BCUT2D eigenvalue weighted by Crippen LogP contribution is 2.45. The molecule has 2 unspecified atom stereocenters. The van der Waals surface area contributed by atoms with Crippen molar-refractivity contribution in [2.45, 2.75) is 102 Å². The maximum Gasteiger partial charge on any atom is 0.422 e. The van der Waals surface area contributed by atoms with Gasteiger partial charge in [-0.2, -0.15) is 26.3 Å². The maximum atomic E-state index is 15.1. The van der Waals surface area contributed by atoms with E-state index in [2.05, 4.69) is 6.58 Å². The minimum Gasteiger partial charge on any atom is -0.493 e. The molecule has 1 aliphatic carbocycles. The molecule has 0 saturated heterocycles. The molecule has 16 heteroatoms. The number of benzene rings is 5. The lowest BCUT2D eigenvalue weighted by Crippen LogP contribution is -2.18. The molecule has 2 atom stereocenters. The van der Waals surface area contributed by atoms with Gasteiger partial charge in [0.05, 0.1) is 13.2 Å². The predicted molar refractivity (Wildman–Crippen MR) is 245 cm³/mol. The number of hydrogen-bond acceptors (Lipinski definition) is 2. The van der Waals surface area contributed by atoms with Gasteiger partial charge in [-0.3, -0.25) is 0 Å². The first kappa shape index (κ1) is 54.3. The van der Waals surface area contributed by atoms with Crippen LogP contribution in [0.25, 0.3) is 33.4 Å². The molecule has 2 nitrogen and oxygen atoms in total. The highest BCUT2D eigenvalue weighted by molar-refractivity contribution is 5.72. The summed E-state index contributed by atoms with van der Waals surface area (Å²) in [5, 5.41) is 0. The van der Waals surface area contributed by atoms with E-state index in [-0.39, 0.29) is 44.9 Å². The van der Waals surface area contributed by atoms with Crippen LogP contribution in [0.5, 0.6) is 11.5 Å². The molecule has 0 heterocycles. The highest BCUT2D eigenvalue weighted by atomic mass is 19.4. The smallest absolute Gasteiger partial charge is 0.422 e. The van der Waals surface area contributed by atoms with Crippen LogP contribution in [0.3, 0.4) is 0 Å². The van der Waals surface area contributed by atoms with Gasteiger partial charge in [0.25, 0.3) is 0 Å². The van der Waals surface area contributed by atoms with Crippen molar-refractivity contribution in [2.75, 3.05) is 13.2 Å². The van der Waals surface area contributed by atoms with Gasteiger partial charge in [-0.05, 0) is 108 Å². The Bertz CT molecular complexity index is 2680. The summed E-state index contributed by atoms with van der Waals surface area (Å²) in [5.41, 5.74) is -4.79. The molecule has 5 aromatic rings. The van der Waals surface area contributed by atoms with Gasteiger partial charge in [0, 0.05) is 41.2 Å². The summed E-state index contributed by atoms with van der Waals surface area (Å²) in [5.74, 6) is -11.0. The number of halogens is 14. The second kappa shape index (κ2) is 24.4. The molecule has 380 valence electrons. The number of hydrogen-bond donors (Lipinski definition) is 0. The van der Waals surface area contributed by atoms with Crippen LogP contribution in [-0.4, -0.2) is 19.4 Å². The van der Waals surface area contributed by atoms with Crippen molar-refractivity contribution in [1.82, 2.24) is 0 Å². The Morgan fingerprint density at radius 3 is 1.38 bits per heavy atom. The summed E-state index contributed by atoms with van der Waals surface area (Å²) in [7, 11) is 0. The second-order valence-electron chi connectivity index (χ2n) is 17.4. The summed E-state index contributed by atoms with van der Waals surface area (Å²) in [6, 6.07) is 15.8. The first-order chi connectivity index (χ1) is 33.7. The van der Waals surface area contributed by atoms with E-state index in [1.807, 2.05) is 6.08 Å². The van der Waals surface area contributed by atoms with Crippen LogP contribution in [0.4, 0.5) is 61.5 Å². The minimum atomic E-state index is -5.27. The van der Waals surface area contributed by atoms with Crippen LogP contribution in [-0.2, 0) is 6.18 Å². The summed E-state index contributed by atoms with van der Waals surface area (Å²) in [6.07, 6.45) is 2.71. The van der Waals surface area contributed by atoms with Crippen LogP contribution in [0, 0.1) is 40.8 Å². The van der Waals surface area contributed by atoms with Crippen LogP contribution in [0.1, 0.15) is 101 Å². The van der Waals surface area contributed by atoms with E-state index in [9.17, 15) is 43.9 Å². The van der Waals surface area contributed by atoms with Gasteiger partial charge < -0.3 is 9.47 Å². The van der Waals surface area contributed by atoms with Gasteiger partial charge >= 0.3 is 12.4 Å². The number of rotatable bonds is 23. The number of unbranched alkanes of at least 4 members (excludes halogenated alkanes) is 8. The third-order valence-corrected chi connectivity index (χ3v) is 12.4. The zero-order valence-corrected chi connectivity index (χ0v) is 38.3. The van der Waals surface area contributed by atoms with Crippen LogP contribution in [0.2, 0.25) is 0 Å². The molecule has 0 amide bonds. The molecule has 0 radical (unpaired) electrons. The molecule has 0 saturated carbocycles. The topological polar surface area (TPSA) is 18.5 Å². The van der Waals surface area contributed by atoms with Gasteiger partial charge in [0.2, 0.25) is 0 Å². The van der Waals surface area contributed by atoms with Gasteiger partial charge in [-0.1, -0.05) is 81.7 Å². The second-order valence-corrected chi connectivity index (χ2v) is 17.4. The van der Waals surface area contributed by atoms with Gasteiger partial charge in [0.15, 0.2) is 0 Å². The van der Waals surface area contributed by atoms with Crippen LogP contribution < -0.4 is 9.47 Å². The third kappa shape index (κ3) is 14.5. The Kier molecular flexibility index (Phi) is 18.6. The van der Waals surface area contributed by atoms with E-state index in [1.54, 1.807) is 0 Å². The molecular formula is C55H50F14O2. The van der Waals surface area contributed by atoms with Crippen LogP contribution in [0.15, 0.2) is 121 Å². The minimum absolute atomic E-state index is 0.0250. The van der Waals surface area contributed by atoms with Gasteiger partial charge in [-0.25, -0.2) is 35.1 Å². The zero-order valence-electron chi connectivity index (χ0n) is 38.3. The fourth-order valence-electron chi connectivity index (χ4n) is 8.62. The lowest BCUT2D eigenvalue weighted by atomic mass is 9.87. The Morgan fingerprint density at radius 2 is 0.930 bits per heavy atom. The fourth-order valence-corrected chi connectivity index (χ4v) is 8.62. The molecule has 5 aromatic carbocycles. The van der Waals surface area contributed by atoms with Crippen molar-refractivity contribution < 1.29 is 70.9 Å². The Balaban J connectivity index is 0.811. The number of allylic oxidation sites excluding steroid dienone is 5. The Morgan fingerprint density at radius 1 is 0.493 bits per heavy atom. The fraction of sp³-hybridized carbons (Fsp3) is 0.345. The van der Waals surface area contributed by atoms with Gasteiger partial charge in [0.1, 0.15) is 69.2 Å². The highest BCUT2D eigenvalue weighted by Gasteiger charge is 2.43. The standard InChI is InChI=1S/C55H50F14O2/c1-2-33(13-9-5-3-7-11-23-70-38-17-21-40(46(58)31-38)34-15-19-42(44(56)25-34)36-27-48(60)52(49(61)28-36)54(64,65)66)14-10-6-4-8-12-24-71-39-18-22-41(47(59)32-39)35-16-20-43(45(57)26-35)37-29-50(62)53(51(63)30-37)55(67,68)69/h2,15-22,25-29,31-33,37H,1,3-14,23-24,30H2. The summed E-state index contributed by atoms with van der Waals surface area (Å²) in [4.78, 5) is 0. The first-order valence-corrected chi connectivity index (χ1v) is 23.2. The summed E-state index contributed by atoms with van der Waals surface area (Å²) >= 11 is 0. The summed E-state index contributed by atoms with van der Waals surface area (Å²) < 4.78 is 206. The molecular weight excluding hydrogens is 959 g/mol. The van der Waals surface area contributed by atoms with E-state index in [0.29, 0.717) is 37.3 Å². The predicted octanol–water partition coefficient (Wildman–Crippen LogP) is 18.6. The maximum absolute atomic E-state index is 15.1. The van der Waals surface area contributed by atoms with Crippen molar-refractivity contribution in [3.63, 3.8) is 0 Å². The normalized spacial score (nSPS) is 14.7. The molecule has 0 spiro atoms. The van der Waals surface area contributed by atoms with E-state index >= 15 is 17.6 Å². The van der Waals surface area contributed by atoms with Crippen molar-refractivity contribution in [1.29, 1.82) is 0 Å². The average Bonchev–Trinajstić information content (AvgIpc) is 3.28. The van der Waals surface area contributed by atoms with Crippen LogP contribution >= 0.6 is 0 Å². The zero-order chi connectivity index (χ0) is 51.5. The molecule has 0 aromatic heterocycles. The molecule has 71 heavy (non-hydrogen) atoms. The lowest BCUT2D eigenvalue weighted by molar-refractivity contribution is -0.142. The number of ether oxygens (including phenoxy) is 2. The molecule has 1 aliphatic rings. The average molecular weight is 1010 g/mol. The quantitative estimate of drug-likeness (QED) is 0.0369. The molecule has 0 fully saturated rings.